The molecule has 1 heterocycles. The van der Waals surface area contributed by atoms with Crippen molar-refractivity contribution < 1.29 is 13.2 Å². The first-order valence-electron chi connectivity index (χ1n) is 5.90. The summed E-state index contributed by atoms with van der Waals surface area (Å²) < 4.78 is 37.6. The van der Waals surface area contributed by atoms with Crippen LogP contribution in [0.4, 0.5) is 13.2 Å². The van der Waals surface area contributed by atoms with Gasteiger partial charge < -0.3 is 10.2 Å². The fraction of sp³-hybridized carbons (Fsp3) is 1.00. The summed E-state index contributed by atoms with van der Waals surface area (Å²) in [5.41, 5.74) is 0. The Labute approximate surface area is 95.2 Å². The van der Waals surface area contributed by atoms with E-state index >= 15 is 0 Å². The number of hydrogen-bond acceptors (Lipinski definition) is 2. The van der Waals surface area contributed by atoms with Gasteiger partial charge in [0.15, 0.2) is 0 Å². The number of nitrogens with one attached hydrogen (secondary N) is 1. The Morgan fingerprint density at radius 2 is 2.12 bits per heavy atom. The van der Waals surface area contributed by atoms with Crippen LogP contribution in [0.15, 0.2) is 0 Å². The molecule has 0 aromatic heterocycles. The average Bonchev–Trinajstić information content (AvgIpc) is 2.25. The predicted molar refractivity (Wildman–Crippen MR) is 58.4 cm³/mol. The number of rotatable bonds is 4. The van der Waals surface area contributed by atoms with Crippen LogP contribution in [0.2, 0.25) is 0 Å². The third kappa shape index (κ3) is 4.29. The summed E-state index contributed by atoms with van der Waals surface area (Å²) in [5, 5.41) is 3.10. The maximum Gasteiger partial charge on any atom is 0.393 e. The molecule has 2 nitrogen and oxygen atoms in total. The lowest BCUT2D eigenvalue weighted by Gasteiger charge is -2.34. The van der Waals surface area contributed by atoms with Gasteiger partial charge in [-0.05, 0) is 46.3 Å². The number of nitrogens with zero attached hydrogens (tertiary/aromatic N) is 1. The minimum atomic E-state index is -4.02. The third-order valence-corrected chi connectivity index (χ3v) is 3.34. The molecule has 0 aliphatic carbocycles. The lowest BCUT2D eigenvalue weighted by atomic mass is 9.97. The van der Waals surface area contributed by atoms with Gasteiger partial charge in [0.2, 0.25) is 0 Å². The zero-order valence-electron chi connectivity index (χ0n) is 9.98. The third-order valence-electron chi connectivity index (χ3n) is 3.34. The van der Waals surface area contributed by atoms with Gasteiger partial charge in [-0.15, -0.1) is 0 Å². The monoisotopic (exact) mass is 238 g/mol. The summed E-state index contributed by atoms with van der Waals surface area (Å²) in [6.45, 7) is 3.79. The zero-order chi connectivity index (χ0) is 12.2. The molecular formula is C11H21F3N2. The van der Waals surface area contributed by atoms with E-state index in [2.05, 4.69) is 5.32 Å². The van der Waals surface area contributed by atoms with E-state index in [4.69, 9.17) is 0 Å². The number of piperidine rings is 1. The van der Waals surface area contributed by atoms with E-state index in [0.717, 1.165) is 19.5 Å². The molecular weight excluding hydrogens is 217 g/mol. The van der Waals surface area contributed by atoms with Crippen LogP contribution < -0.4 is 5.32 Å². The highest BCUT2D eigenvalue weighted by Gasteiger charge is 2.41. The van der Waals surface area contributed by atoms with Crippen molar-refractivity contribution in [1.82, 2.24) is 10.2 Å². The standard InChI is InChI=1S/C11H21F3N2/c1-9(15-2)5-7-16-6-3-4-10(8-16)11(12,13)14/h9-10,15H,3-8H2,1-2H3. The maximum atomic E-state index is 12.5. The summed E-state index contributed by atoms with van der Waals surface area (Å²) in [6.07, 6.45) is -2.16. The zero-order valence-corrected chi connectivity index (χ0v) is 9.98. The SMILES string of the molecule is CNC(C)CCN1CCCC(C(F)(F)F)C1. The lowest BCUT2D eigenvalue weighted by molar-refractivity contribution is -0.186. The second-order valence-corrected chi connectivity index (χ2v) is 4.66. The van der Waals surface area contributed by atoms with Crippen molar-refractivity contribution in [1.29, 1.82) is 0 Å². The van der Waals surface area contributed by atoms with Crippen LogP contribution >= 0.6 is 0 Å². The lowest BCUT2D eigenvalue weighted by Crippen LogP contribution is -2.43. The molecule has 0 aromatic carbocycles. The molecule has 2 atom stereocenters. The van der Waals surface area contributed by atoms with Crippen molar-refractivity contribution in [2.75, 3.05) is 26.7 Å². The molecule has 5 heteroatoms. The molecule has 1 saturated heterocycles. The molecule has 1 rings (SSSR count). The van der Waals surface area contributed by atoms with Crippen molar-refractivity contribution >= 4 is 0 Å². The highest BCUT2D eigenvalue weighted by molar-refractivity contribution is 4.78. The maximum absolute atomic E-state index is 12.5. The molecule has 1 aliphatic heterocycles. The minimum absolute atomic E-state index is 0.180. The van der Waals surface area contributed by atoms with Crippen molar-refractivity contribution in [2.24, 2.45) is 5.92 Å². The van der Waals surface area contributed by atoms with Crippen molar-refractivity contribution in [2.45, 2.75) is 38.4 Å². The van der Waals surface area contributed by atoms with Crippen molar-refractivity contribution in [3.05, 3.63) is 0 Å². The second kappa shape index (κ2) is 5.87. The molecule has 0 saturated carbocycles. The minimum Gasteiger partial charge on any atom is -0.317 e. The van der Waals surface area contributed by atoms with Crippen molar-refractivity contribution in [3.8, 4) is 0 Å². The van der Waals surface area contributed by atoms with E-state index in [9.17, 15) is 13.2 Å². The summed E-state index contributed by atoms with van der Waals surface area (Å²) in [5.74, 6) is -1.12. The Bertz CT molecular complexity index is 206. The molecule has 16 heavy (non-hydrogen) atoms. The summed E-state index contributed by atoms with van der Waals surface area (Å²) in [6, 6.07) is 0.367. The van der Waals surface area contributed by atoms with Gasteiger partial charge >= 0.3 is 6.18 Å². The van der Waals surface area contributed by atoms with E-state index in [1.54, 1.807) is 0 Å². The number of alkyl halides is 3. The number of hydrogen-bond donors (Lipinski definition) is 1. The highest BCUT2D eigenvalue weighted by Crippen LogP contribution is 2.33. The molecule has 96 valence electrons. The van der Waals surface area contributed by atoms with E-state index in [-0.39, 0.29) is 6.54 Å². The first-order valence-corrected chi connectivity index (χ1v) is 5.90. The fourth-order valence-electron chi connectivity index (χ4n) is 2.05. The molecule has 0 amide bonds. The topological polar surface area (TPSA) is 15.3 Å². The summed E-state index contributed by atoms with van der Waals surface area (Å²) in [4.78, 5) is 1.94. The predicted octanol–water partition coefficient (Wildman–Crippen LogP) is 2.26. The quantitative estimate of drug-likeness (QED) is 0.808. The van der Waals surface area contributed by atoms with E-state index in [1.807, 2.05) is 18.9 Å². The molecule has 0 bridgehead atoms. The molecule has 1 N–H and O–H groups in total. The largest absolute Gasteiger partial charge is 0.393 e. The average molecular weight is 238 g/mol. The molecule has 1 fully saturated rings. The first kappa shape index (κ1) is 13.8. The first-order chi connectivity index (χ1) is 7.43. The van der Waals surface area contributed by atoms with Crippen LogP contribution in [0.1, 0.15) is 26.2 Å². The van der Waals surface area contributed by atoms with Gasteiger partial charge in [0.25, 0.3) is 0 Å². The van der Waals surface area contributed by atoms with Gasteiger partial charge in [0, 0.05) is 12.6 Å². The Morgan fingerprint density at radius 1 is 1.44 bits per heavy atom. The van der Waals surface area contributed by atoms with Crippen LogP contribution in [0.3, 0.4) is 0 Å². The normalized spacial score (nSPS) is 25.7. The molecule has 1 aliphatic rings. The van der Waals surface area contributed by atoms with Crippen LogP contribution in [0.5, 0.6) is 0 Å². The van der Waals surface area contributed by atoms with Gasteiger partial charge in [0.05, 0.1) is 5.92 Å². The molecule has 0 radical (unpaired) electrons. The van der Waals surface area contributed by atoms with E-state index < -0.39 is 12.1 Å². The highest BCUT2D eigenvalue weighted by atomic mass is 19.4. The number of halogens is 3. The summed E-state index contributed by atoms with van der Waals surface area (Å²) >= 11 is 0. The van der Waals surface area contributed by atoms with Gasteiger partial charge in [-0.2, -0.15) is 13.2 Å². The summed E-state index contributed by atoms with van der Waals surface area (Å²) in [7, 11) is 1.87. The Hall–Kier alpha value is -0.290. The molecule has 0 aromatic rings. The van der Waals surface area contributed by atoms with Gasteiger partial charge in [-0.25, -0.2) is 0 Å². The van der Waals surface area contributed by atoms with Crippen molar-refractivity contribution in [3.63, 3.8) is 0 Å². The van der Waals surface area contributed by atoms with E-state index in [1.165, 1.54) is 0 Å². The van der Waals surface area contributed by atoms with Crippen LogP contribution in [0, 0.1) is 5.92 Å². The Morgan fingerprint density at radius 3 is 2.69 bits per heavy atom. The smallest absolute Gasteiger partial charge is 0.317 e. The Balaban J connectivity index is 2.33. The van der Waals surface area contributed by atoms with Crippen LogP contribution in [0.25, 0.3) is 0 Å². The van der Waals surface area contributed by atoms with E-state index in [0.29, 0.717) is 18.9 Å². The molecule has 2 unspecified atom stereocenters. The molecule has 0 spiro atoms. The fourth-order valence-corrected chi connectivity index (χ4v) is 2.05. The van der Waals surface area contributed by atoms with Crippen LogP contribution in [-0.2, 0) is 0 Å². The van der Waals surface area contributed by atoms with Crippen LogP contribution in [-0.4, -0.2) is 43.8 Å². The number of likely N-dealkylation sites (tertiary alicyclic amines) is 1. The second-order valence-electron chi connectivity index (χ2n) is 4.66. The van der Waals surface area contributed by atoms with Gasteiger partial charge in [-0.3, -0.25) is 0 Å². The Kier molecular flexibility index (Phi) is 5.05. The van der Waals surface area contributed by atoms with Gasteiger partial charge in [0.1, 0.15) is 0 Å². The van der Waals surface area contributed by atoms with Gasteiger partial charge in [-0.1, -0.05) is 0 Å².